The summed E-state index contributed by atoms with van der Waals surface area (Å²) < 4.78 is 11.1. The van der Waals surface area contributed by atoms with Gasteiger partial charge in [-0.15, -0.1) is 0 Å². The van der Waals surface area contributed by atoms with E-state index >= 15 is 0 Å². The summed E-state index contributed by atoms with van der Waals surface area (Å²) in [6.45, 7) is 2.14. The van der Waals surface area contributed by atoms with Gasteiger partial charge in [-0.3, -0.25) is 0 Å². The Morgan fingerprint density at radius 3 is 2.89 bits per heavy atom. The molecule has 0 saturated heterocycles. The molecule has 0 spiro atoms. The van der Waals surface area contributed by atoms with Crippen molar-refractivity contribution in [1.29, 1.82) is 0 Å². The third-order valence-corrected chi connectivity index (χ3v) is 3.10. The summed E-state index contributed by atoms with van der Waals surface area (Å²) in [6, 6.07) is 7.27. The largest absolute Gasteiger partial charge is 0.425 e. The molecule has 0 amide bonds. The number of rotatable bonds is 6. The molecule has 1 aliphatic rings. The fraction of sp³-hybridized carbons (Fsp3) is 0.500. The Kier molecular flexibility index (Phi) is 3.99. The van der Waals surface area contributed by atoms with Gasteiger partial charge in [-0.2, -0.15) is 0 Å². The third kappa shape index (κ3) is 2.26. The summed E-state index contributed by atoms with van der Waals surface area (Å²) in [4.78, 5) is 11.8. The lowest BCUT2D eigenvalue weighted by Crippen LogP contribution is -2.31. The highest BCUT2D eigenvalue weighted by atomic mass is 16.7. The fourth-order valence-electron chi connectivity index (χ4n) is 2.24. The van der Waals surface area contributed by atoms with Crippen LogP contribution >= 0.6 is 0 Å². The summed E-state index contributed by atoms with van der Waals surface area (Å²) in [7, 11) is 0. The minimum atomic E-state index is -1.01. The molecular weight excluding hydrogens is 232 g/mol. The number of carbonyl (C=O) groups excluding carboxylic acids is 1. The maximum Gasteiger partial charge on any atom is 0.341 e. The van der Waals surface area contributed by atoms with E-state index in [1.165, 1.54) is 0 Å². The molecule has 1 unspecified atom stereocenters. The monoisotopic (exact) mass is 250 g/mol. The topological polar surface area (TPSA) is 55.8 Å². The van der Waals surface area contributed by atoms with Gasteiger partial charge >= 0.3 is 5.97 Å². The van der Waals surface area contributed by atoms with Crippen molar-refractivity contribution in [3.63, 3.8) is 0 Å². The number of aliphatic hydroxyl groups excluding tert-OH is 1. The van der Waals surface area contributed by atoms with Crippen molar-refractivity contribution in [2.45, 2.75) is 32.0 Å². The summed E-state index contributed by atoms with van der Waals surface area (Å²) in [5.74, 6) is -1.36. The van der Waals surface area contributed by atoms with Crippen molar-refractivity contribution < 1.29 is 19.4 Å². The van der Waals surface area contributed by atoms with Gasteiger partial charge in [0.15, 0.2) is 0 Å². The predicted molar refractivity (Wildman–Crippen MR) is 66.1 cm³/mol. The Labute approximate surface area is 107 Å². The minimum Gasteiger partial charge on any atom is -0.425 e. The van der Waals surface area contributed by atoms with E-state index in [1.54, 1.807) is 6.07 Å². The van der Waals surface area contributed by atoms with Crippen molar-refractivity contribution in [3.05, 3.63) is 35.4 Å². The van der Waals surface area contributed by atoms with E-state index in [0.717, 1.165) is 18.4 Å². The number of cyclic esters (lactones) is 1. The van der Waals surface area contributed by atoms with E-state index in [0.29, 0.717) is 12.0 Å². The summed E-state index contributed by atoms with van der Waals surface area (Å²) in [5, 5.41) is 8.91. The molecule has 0 aliphatic carbocycles. The normalized spacial score (nSPS) is 21.8. The zero-order valence-electron chi connectivity index (χ0n) is 10.5. The van der Waals surface area contributed by atoms with Gasteiger partial charge in [0.05, 0.1) is 18.8 Å². The number of hydrogen-bond acceptors (Lipinski definition) is 4. The number of hydrogen-bond donors (Lipinski definition) is 1. The number of carbonyl (C=O) groups is 1. The lowest BCUT2D eigenvalue weighted by molar-refractivity contribution is -0.213. The average molecular weight is 250 g/mol. The second-order valence-electron chi connectivity index (χ2n) is 4.36. The van der Waals surface area contributed by atoms with Crippen LogP contribution in [-0.2, 0) is 15.3 Å². The Bertz CT molecular complexity index is 420. The first-order chi connectivity index (χ1) is 8.73. The molecule has 1 N–H and O–H groups in total. The molecular formula is C14H18O4. The third-order valence-electron chi connectivity index (χ3n) is 3.10. The highest BCUT2D eigenvalue weighted by Gasteiger charge is 2.45. The Balaban J connectivity index is 2.33. The molecule has 0 aromatic heterocycles. The lowest BCUT2D eigenvalue weighted by Gasteiger charge is -2.28. The number of ether oxygens (including phenoxy) is 2. The average Bonchev–Trinajstić information content (AvgIpc) is 2.69. The smallest absolute Gasteiger partial charge is 0.341 e. The van der Waals surface area contributed by atoms with Crippen molar-refractivity contribution in [2.24, 2.45) is 0 Å². The first kappa shape index (κ1) is 13.1. The van der Waals surface area contributed by atoms with Gasteiger partial charge in [-0.05, 0) is 12.5 Å². The highest BCUT2D eigenvalue weighted by molar-refractivity contribution is 5.94. The number of aliphatic hydroxyl groups is 1. The van der Waals surface area contributed by atoms with E-state index in [1.807, 2.05) is 18.2 Å². The standard InChI is InChI=1S/C14H18O4/c1-2-3-8-14(17-10-9-15)12-7-5-4-6-11(12)13(16)18-14/h4-7,15H,2-3,8-10H2,1H3. The van der Waals surface area contributed by atoms with Crippen LogP contribution in [0.1, 0.15) is 42.1 Å². The van der Waals surface area contributed by atoms with Gasteiger partial charge < -0.3 is 14.6 Å². The second-order valence-corrected chi connectivity index (χ2v) is 4.36. The minimum absolute atomic E-state index is 0.0897. The van der Waals surface area contributed by atoms with Crippen molar-refractivity contribution in [2.75, 3.05) is 13.2 Å². The molecule has 0 saturated carbocycles. The van der Waals surface area contributed by atoms with E-state index in [4.69, 9.17) is 14.6 Å². The maximum absolute atomic E-state index is 11.8. The van der Waals surface area contributed by atoms with E-state index in [2.05, 4.69) is 6.92 Å². The Morgan fingerprint density at radius 2 is 2.17 bits per heavy atom. The fourth-order valence-corrected chi connectivity index (χ4v) is 2.24. The zero-order valence-corrected chi connectivity index (χ0v) is 10.5. The van der Waals surface area contributed by atoms with Crippen LogP contribution in [0.2, 0.25) is 0 Å². The van der Waals surface area contributed by atoms with Crippen LogP contribution in [0, 0.1) is 0 Å². The van der Waals surface area contributed by atoms with E-state index in [9.17, 15) is 4.79 Å². The van der Waals surface area contributed by atoms with Gasteiger partial charge in [0, 0.05) is 12.0 Å². The molecule has 18 heavy (non-hydrogen) atoms. The zero-order chi connectivity index (χ0) is 13.0. The van der Waals surface area contributed by atoms with Gasteiger partial charge in [0.25, 0.3) is 0 Å². The SMILES string of the molecule is CCCCC1(OCCO)OC(=O)c2ccccc21. The van der Waals surface area contributed by atoms with Crippen LogP contribution in [-0.4, -0.2) is 24.3 Å². The molecule has 98 valence electrons. The molecule has 1 heterocycles. The molecule has 1 aliphatic heterocycles. The van der Waals surface area contributed by atoms with Gasteiger partial charge in [0.1, 0.15) is 0 Å². The van der Waals surface area contributed by atoms with Crippen LogP contribution in [0.4, 0.5) is 0 Å². The summed E-state index contributed by atoms with van der Waals surface area (Å²) in [6.07, 6.45) is 2.50. The van der Waals surface area contributed by atoms with Gasteiger partial charge in [-0.1, -0.05) is 31.5 Å². The van der Waals surface area contributed by atoms with Crippen LogP contribution in [0.15, 0.2) is 24.3 Å². The van der Waals surface area contributed by atoms with Crippen molar-refractivity contribution >= 4 is 5.97 Å². The molecule has 0 bridgehead atoms. The first-order valence-electron chi connectivity index (χ1n) is 6.31. The van der Waals surface area contributed by atoms with Crippen molar-refractivity contribution in [3.8, 4) is 0 Å². The van der Waals surface area contributed by atoms with Crippen LogP contribution in [0.25, 0.3) is 0 Å². The summed E-state index contributed by atoms with van der Waals surface area (Å²) >= 11 is 0. The molecule has 2 rings (SSSR count). The Hall–Kier alpha value is -1.39. The second kappa shape index (κ2) is 5.50. The highest BCUT2D eigenvalue weighted by Crippen LogP contribution is 2.41. The molecule has 4 nitrogen and oxygen atoms in total. The molecule has 0 fully saturated rings. The maximum atomic E-state index is 11.8. The van der Waals surface area contributed by atoms with Crippen LogP contribution in [0.3, 0.4) is 0 Å². The van der Waals surface area contributed by atoms with E-state index < -0.39 is 5.79 Å². The number of fused-ring (bicyclic) bond motifs is 1. The molecule has 1 atom stereocenters. The number of benzene rings is 1. The van der Waals surface area contributed by atoms with Gasteiger partial charge in [0.2, 0.25) is 5.79 Å². The predicted octanol–water partition coefficient (Wildman–Crippen LogP) is 2.21. The van der Waals surface area contributed by atoms with Crippen LogP contribution < -0.4 is 0 Å². The molecule has 1 aromatic rings. The molecule has 1 aromatic carbocycles. The Morgan fingerprint density at radius 1 is 1.39 bits per heavy atom. The summed E-state index contributed by atoms with van der Waals surface area (Å²) in [5.41, 5.74) is 1.34. The van der Waals surface area contributed by atoms with Crippen LogP contribution in [0.5, 0.6) is 0 Å². The number of unbranched alkanes of at least 4 members (excludes halogenated alkanes) is 1. The van der Waals surface area contributed by atoms with Crippen molar-refractivity contribution in [1.82, 2.24) is 0 Å². The number of esters is 1. The lowest BCUT2D eigenvalue weighted by atomic mass is 9.97. The first-order valence-corrected chi connectivity index (χ1v) is 6.31. The molecule has 0 radical (unpaired) electrons. The molecule has 4 heteroatoms. The quantitative estimate of drug-likeness (QED) is 0.786. The van der Waals surface area contributed by atoms with E-state index in [-0.39, 0.29) is 19.2 Å². The van der Waals surface area contributed by atoms with Gasteiger partial charge in [-0.25, -0.2) is 4.79 Å².